The van der Waals surface area contributed by atoms with E-state index < -0.39 is 17.7 Å². The second-order valence-electron chi connectivity index (χ2n) is 6.96. The van der Waals surface area contributed by atoms with Crippen molar-refractivity contribution >= 4 is 33.9 Å². The van der Waals surface area contributed by atoms with Crippen molar-refractivity contribution < 1.29 is 24.2 Å². The van der Waals surface area contributed by atoms with E-state index in [2.05, 4.69) is 4.98 Å². The number of methoxy groups -OCH3 is 2. The van der Waals surface area contributed by atoms with Crippen LogP contribution in [0, 0.1) is 6.92 Å². The molecule has 1 amide bonds. The van der Waals surface area contributed by atoms with Gasteiger partial charge >= 0.3 is 5.91 Å². The summed E-state index contributed by atoms with van der Waals surface area (Å²) < 4.78 is 10.7. The van der Waals surface area contributed by atoms with E-state index in [0.29, 0.717) is 27.8 Å². The predicted octanol–water partition coefficient (Wildman–Crippen LogP) is 4.10. The van der Waals surface area contributed by atoms with Crippen molar-refractivity contribution in [2.75, 3.05) is 19.1 Å². The summed E-state index contributed by atoms with van der Waals surface area (Å²) in [6.45, 7) is 1.93. The highest BCUT2D eigenvalue weighted by atomic mass is 32.1. The predicted molar refractivity (Wildman–Crippen MR) is 118 cm³/mol. The number of nitrogens with zero attached hydrogens (tertiary/aromatic N) is 2. The van der Waals surface area contributed by atoms with Gasteiger partial charge in [-0.2, -0.15) is 0 Å². The van der Waals surface area contributed by atoms with E-state index >= 15 is 0 Å². The molecular formula is C23H20N2O5S. The maximum absolute atomic E-state index is 13.1. The zero-order chi connectivity index (χ0) is 22.1. The van der Waals surface area contributed by atoms with Crippen molar-refractivity contribution in [3.8, 4) is 11.5 Å². The van der Waals surface area contributed by atoms with Gasteiger partial charge in [0.15, 0.2) is 16.6 Å². The smallest absolute Gasteiger partial charge is 0.301 e. The van der Waals surface area contributed by atoms with Gasteiger partial charge in [-0.1, -0.05) is 35.9 Å². The zero-order valence-electron chi connectivity index (χ0n) is 17.2. The number of Topliss-reactive ketones (excluding diaryl/α,β-unsaturated/α-hetero) is 1. The van der Waals surface area contributed by atoms with Gasteiger partial charge in [0.1, 0.15) is 5.76 Å². The van der Waals surface area contributed by atoms with E-state index in [9.17, 15) is 14.7 Å². The number of aliphatic hydroxyl groups excluding tert-OH is 1. The number of carbonyl (C=O) groups is 2. The minimum Gasteiger partial charge on any atom is -0.507 e. The average molecular weight is 436 g/mol. The molecule has 1 saturated heterocycles. The van der Waals surface area contributed by atoms with Crippen LogP contribution in [0.2, 0.25) is 0 Å². The first-order chi connectivity index (χ1) is 15.0. The van der Waals surface area contributed by atoms with Crippen LogP contribution >= 0.6 is 11.3 Å². The van der Waals surface area contributed by atoms with Gasteiger partial charge in [0.05, 0.1) is 25.8 Å². The molecule has 1 aliphatic heterocycles. The van der Waals surface area contributed by atoms with Crippen LogP contribution < -0.4 is 14.4 Å². The molecule has 3 aromatic rings. The number of carbonyl (C=O) groups excluding carboxylic acids is 2. The van der Waals surface area contributed by atoms with Crippen LogP contribution in [-0.4, -0.2) is 36.0 Å². The number of aromatic nitrogens is 1. The highest BCUT2D eigenvalue weighted by Gasteiger charge is 2.48. The topological polar surface area (TPSA) is 89.0 Å². The summed E-state index contributed by atoms with van der Waals surface area (Å²) in [5.74, 6) is -0.801. The van der Waals surface area contributed by atoms with Gasteiger partial charge in [-0.15, -0.1) is 11.3 Å². The maximum atomic E-state index is 13.1. The molecule has 4 rings (SSSR count). The molecule has 8 heteroatoms. The Morgan fingerprint density at radius 1 is 1.06 bits per heavy atom. The fourth-order valence-electron chi connectivity index (χ4n) is 3.57. The first kappa shape index (κ1) is 20.6. The van der Waals surface area contributed by atoms with Crippen molar-refractivity contribution in [3.05, 3.63) is 76.3 Å². The molecule has 2 aromatic carbocycles. The molecule has 1 fully saturated rings. The first-order valence-corrected chi connectivity index (χ1v) is 10.3. The molecule has 158 valence electrons. The molecule has 0 aliphatic carbocycles. The lowest BCUT2D eigenvalue weighted by atomic mass is 9.95. The van der Waals surface area contributed by atoms with E-state index in [1.807, 2.05) is 19.1 Å². The van der Waals surface area contributed by atoms with Gasteiger partial charge in [0.2, 0.25) is 0 Å². The lowest BCUT2D eigenvalue weighted by molar-refractivity contribution is -0.132. The number of hydrogen-bond donors (Lipinski definition) is 1. The Hall–Kier alpha value is -3.65. The van der Waals surface area contributed by atoms with E-state index in [4.69, 9.17) is 9.47 Å². The molecule has 1 atom stereocenters. The Labute approximate surface area is 183 Å². The second kappa shape index (κ2) is 8.23. The quantitative estimate of drug-likeness (QED) is 0.368. The maximum Gasteiger partial charge on any atom is 0.301 e. The van der Waals surface area contributed by atoms with Crippen LogP contribution in [0.15, 0.2) is 59.6 Å². The number of ether oxygens (including phenoxy) is 2. The largest absolute Gasteiger partial charge is 0.507 e. The summed E-state index contributed by atoms with van der Waals surface area (Å²) in [5, 5.41) is 13.2. The lowest BCUT2D eigenvalue weighted by Crippen LogP contribution is -2.29. The minimum absolute atomic E-state index is 0.00345. The van der Waals surface area contributed by atoms with E-state index in [1.54, 1.807) is 41.9 Å². The number of amides is 1. The summed E-state index contributed by atoms with van der Waals surface area (Å²) in [6.07, 6.45) is 1.56. The number of rotatable bonds is 5. The zero-order valence-corrected chi connectivity index (χ0v) is 18.0. The third kappa shape index (κ3) is 3.55. The number of aryl methyl sites for hydroxylation is 1. The molecule has 31 heavy (non-hydrogen) atoms. The molecule has 0 bridgehead atoms. The fraction of sp³-hybridized carbons (Fsp3) is 0.174. The van der Waals surface area contributed by atoms with Crippen LogP contribution in [0.5, 0.6) is 11.5 Å². The van der Waals surface area contributed by atoms with Crippen molar-refractivity contribution in [2.24, 2.45) is 0 Å². The molecular weight excluding hydrogens is 416 g/mol. The number of thiazole rings is 1. The normalized spacial score (nSPS) is 17.8. The summed E-state index contributed by atoms with van der Waals surface area (Å²) >= 11 is 1.24. The Morgan fingerprint density at radius 3 is 2.39 bits per heavy atom. The third-order valence-corrected chi connectivity index (χ3v) is 5.89. The molecule has 7 nitrogen and oxygen atoms in total. The van der Waals surface area contributed by atoms with Gasteiger partial charge in [0, 0.05) is 17.1 Å². The van der Waals surface area contributed by atoms with Gasteiger partial charge in [-0.25, -0.2) is 4.98 Å². The Morgan fingerprint density at radius 2 is 1.77 bits per heavy atom. The summed E-state index contributed by atoms with van der Waals surface area (Å²) in [7, 11) is 3.03. The number of ketones is 1. The van der Waals surface area contributed by atoms with Crippen molar-refractivity contribution in [1.29, 1.82) is 0 Å². The highest BCUT2D eigenvalue weighted by molar-refractivity contribution is 7.14. The average Bonchev–Trinajstić information content (AvgIpc) is 3.40. The molecule has 1 aliphatic rings. The second-order valence-corrected chi connectivity index (χ2v) is 7.84. The van der Waals surface area contributed by atoms with E-state index in [1.165, 1.54) is 30.5 Å². The Kier molecular flexibility index (Phi) is 5.48. The van der Waals surface area contributed by atoms with Crippen LogP contribution in [0.3, 0.4) is 0 Å². The van der Waals surface area contributed by atoms with Crippen LogP contribution in [-0.2, 0) is 9.59 Å². The molecule has 1 aromatic heterocycles. The van der Waals surface area contributed by atoms with E-state index in [0.717, 1.165) is 5.56 Å². The molecule has 1 N–H and O–H groups in total. The number of hydrogen-bond acceptors (Lipinski definition) is 7. The fourth-order valence-corrected chi connectivity index (χ4v) is 4.24. The van der Waals surface area contributed by atoms with E-state index in [-0.39, 0.29) is 11.3 Å². The Bertz CT molecular complexity index is 1170. The minimum atomic E-state index is -0.868. The van der Waals surface area contributed by atoms with Gasteiger partial charge in [-0.3, -0.25) is 14.5 Å². The molecule has 0 radical (unpaired) electrons. The van der Waals surface area contributed by atoms with Gasteiger partial charge < -0.3 is 14.6 Å². The van der Waals surface area contributed by atoms with Gasteiger partial charge in [-0.05, 0) is 24.6 Å². The molecule has 0 spiro atoms. The molecule has 0 saturated carbocycles. The molecule has 0 unspecified atom stereocenters. The first-order valence-electron chi connectivity index (χ1n) is 9.45. The summed E-state index contributed by atoms with van der Waals surface area (Å²) in [4.78, 5) is 31.6. The standard InChI is InChI=1S/C23H20N2O5S/c1-13-4-6-14(7-5-13)20(26)18-19(15-8-9-16(29-2)17(12-15)30-3)25(22(28)21(18)27)23-24-10-11-31-23/h4-12,19,26H,1-3H3/t19-/m0/s1. The highest BCUT2D eigenvalue weighted by Crippen LogP contribution is 2.44. The SMILES string of the molecule is COc1ccc([C@H]2C(=C(O)c3ccc(C)cc3)C(=O)C(=O)N2c2nccs2)cc1OC. The van der Waals surface area contributed by atoms with Crippen molar-refractivity contribution in [3.63, 3.8) is 0 Å². The van der Waals surface area contributed by atoms with Crippen LogP contribution in [0.1, 0.15) is 22.7 Å². The third-order valence-electron chi connectivity index (χ3n) is 5.12. The number of anilines is 1. The van der Waals surface area contributed by atoms with Gasteiger partial charge in [0.25, 0.3) is 5.78 Å². The Balaban J connectivity index is 1.94. The number of benzene rings is 2. The van der Waals surface area contributed by atoms with Crippen LogP contribution in [0.25, 0.3) is 5.76 Å². The molecule has 2 heterocycles. The van der Waals surface area contributed by atoms with Crippen molar-refractivity contribution in [2.45, 2.75) is 13.0 Å². The summed E-state index contributed by atoms with van der Waals surface area (Å²) in [6, 6.07) is 11.4. The number of aliphatic hydroxyl groups is 1. The summed E-state index contributed by atoms with van der Waals surface area (Å²) in [5.41, 5.74) is 2.04. The lowest BCUT2D eigenvalue weighted by Gasteiger charge is -2.23. The van der Waals surface area contributed by atoms with Crippen molar-refractivity contribution in [1.82, 2.24) is 4.98 Å². The van der Waals surface area contributed by atoms with Crippen LogP contribution in [0.4, 0.5) is 5.13 Å². The monoisotopic (exact) mass is 436 g/mol.